The molecule has 0 heterocycles. The lowest BCUT2D eigenvalue weighted by molar-refractivity contribution is 0.482. The van der Waals surface area contributed by atoms with E-state index in [1.54, 1.807) is 0 Å². The molecule has 2 heteroatoms. The van der Waals surface area contributed by atoms with E-state index in [9.17, 15) is 0 Å². The predicted octanol–water partition coefficient (Wildman–Crippen LogP) is 3.68. The highest BCUT2D eigenvalue weighted by atomic mass is 16.5. The summed E-state index contributed by atoms with van der Waals surface area (Å²) >= 11 is 0. The van der Waals surface area contributed by atoms with Gasteiger partial charge in [0.1, 0.15) is 11.5 Å². The lowest BCUT2D eigenvalue weighted by Crippen LogP contribution is -1.94. The van der Waals surface area contributed by atoms with Crippen molar-refractivity contribution in [3.8, 4) is 11.5 Å². The molecule has 2 aromatic carbocycles. The molecule has 0 spiro atoms. The smallest absolute Gasteiger partial charge is 0.128 e. The highest BCUT2D eigenvalue weighted by Crippen LogP contribution is 2.27. The number of para-hydroxylation sites is 1. The average molecular weight is 213 g/mol. The topological polar surface area (TPSA) is 35.2 Å². The second-order valence-electron chi connectivity index (χ2n) is 3.89. The van der Waals surface area contributed by atoms with Gasteiger partial charge in [-0.25, -0.2) is 0 Å². The molecule has 0 aliphatic rings. The van der Waals surface area contributed by atoms with Gasteiger partial charge in [0.05, 0.1) is 0 Å². The SMILES string of the molecule is Cc1cc(Oc2ccccc2)cc(C)c1N. The zero-order chi connectivity index (χ0) is 11.5. The second kappa shape index (κ2) is 4.27. The fourth-order valence-electron chi connectivity index (χ4n) is 1.62. The van der Waals surface area contributed by atoms with E-state index < -0.39 is 0 Å². The summed E-state index contributed by atoms with van der Waals surface area (Å²) in [5, 5.41) is 0. The maximum Gasteiger partial charge on any atom is 0.128 e. The van der Waals surface area contributed by atoms with Crippen LogP contribution in [0.2, 0.25) is 0 Å². The summed E-state index contributed by atoms with van der Waals surface area (Å²) in [4.78, 5) is 0. The number of benzene rings is 2. The van der Waals surface area contributed by atoms with Crippen LogP contribution in [-0.4, -0.2) is 0 Å². The summed E-state index contributed by atoms with van der Waals surface area (Å²) in [5.74, 6) is 1.67. The first-order valence-electron chi connectivity index (χ1n) is 5.26. The quantitative estimate of drug-likeness (QED) is 0.772. The Hall–Kier alpha value is -1.96. The molecule has 0 fully saturated rings. The Labute approximate surface area is 95.7 Å². The van der Waals surface area contributed by atoms with Crippen LogP contribution in [0.1, 0.15) is 11.1 Å². The van der Waals surface area contributed by atoms with Gasteiger partial charge in [-0.2, -0.15) is 0 Å². The van der Waals surface area contributed by atoms with Crippen molar-refractivity contribution in [2.45, 2.75) is 13.8 Å². The largest absolute Gasteiger partial charge is 0.457 e. The number of nitrogen functional groups attached to an aromatic ring is 1. The van der Waals surface area contributed by atoms with Gasteiger partial charge in [0, 0.05) is 5.69 Å². The number of rotatable bonds is 2. The van der Waals surface area contributed by atoms with Crippen LogP contribution in [0.3, 0.4) is 0 Å². The Bertz CT molecular complexity index is 468. The Morgan fingerprint density at radius 2 is 1.44 bits per heavy atom. The molecule has 2 aromatic rings. The first kappa shape index (κ1) is 10.6. The molecule has 2 N–H and O–H groups in total. The van der Waals surface area contributed by atoms with Crippen molar-refractivity contribution in [1.29, 1.82) is 0 Å². The van der Waals surface area contributed by atoms with Crippen LogP contribution in [0, 0.1) is 13.8 Å². The van der Waals surface area contributed by atoms with Gasteiger partial charge < -0.3 is 10.5 Å². The van der Waals surface area contributed by atoms with E-state index in [1.807, 2.05) is 56.3 Å². The standard InChI is InChI=1S/C14H15NO/c1-10-8-13(9-11(2)14(10)15)16-12-6-4-3-5-7-12/h3-9H,15H2,1-2H3. The van der Waals surface area contributed by atoms with Crippen LogP contribution in [0.15, 0.2) is 42.5 Å². The molecule has 16 heavy (non-hydrogen) atoms. The Kier molecular flexibility index (Phi) is 2.82. The van der Waals surface area contributed by atoms with Gasteiger partial charge in [0.25, 0.3) is 0 Å². The molecular weight excluding hydrogens is 198 g/mol. The molecule has 2 nitrogen and oxygen atoms in total. The third kappa shape index (κ3) is 2.16. The second-order valence-corrected chi connectivity index (χ2v) is 3.89. The van der Waals surface area contributed by atoms with E-state index in [0.29, 0.717) is 0 Å². The van der Waals surface area contributed by atoms with Crippen LogP contribution in [0.4, 0.5) is 5.69 Å². The molecule has 82 valence electrons. The van der Waals surface area contributed by atoms with E-state index in [1.165, 1.54) is 0 Å². The maximum absolute atomic E-state index is 5.89. The van der Waals surface area contributed by atoms with Crippen molar-refractivity contribution in [2.24, 2.45) is 0 Å². The van der Waals surface area contributed by atoms with Crippen molar-refractivity contribution in [3.63, 3.8) is 0 Å². The summed E-state index contributed by atoms with van der Waals surface area (Å²) in [6.07, 6.45) is 0. The molecular formula is C14H15NO. The van der Waals surface area contributed by atoms with Gasteiger partial charge in [-0.05, 0) is 49.2 Å². The monoisotopic (exact) mass is 213 g/mol. The number of hydrogen-bond acceptors (Lipinski definition) is 2. The van der Waals surface area contributed by atoms with E-state index in [4.69, 9.17) is 10.5 Å². The predicted molar refractivity (Wildman–Crippen MR) is 66.8 cm³/mol. The average Bonchev–Trinajstić information content (AvgIpc) is 2.27. The lowest BCUT2D eigenvalue weighted by atomic mass is 10.1. The van der Waals surface area contributed by atoms with Crippen LogP contribution in [0.25, 0.3) is 0 Å². The molecule has 0 aliphatic heterocycles. The highest BCUT2D eigenvalue weighted by molar-refractivity contribution is 5.56. The molecule has 0 aromatic heterocycles. The fraction of sp³-hybridized carbons (Fsp3) is 0.143. The molecule has 0 radical (unpaired) electrons. The number of anilines is 1. The Morgan fingerprint density at radius 3 is 2.00 bits per heavy atom. The van der Waals surface area contributed by atoms with Gasteiger partial charge in [0.2, 0.25) is 0 Å². The summed E-state index contributed by atoms with van der Waals surface area (Å²) in [6, 6.07) is 13.6. The van der Waals surface area contributed by atoms with Crippen LogP contribution < -0.4 is 10.5 Å². The van der Waals surface area contributed by atoms with E-state index >= 15 is 0 Å². The van der Waals surface area contributed by atoms with Crippen LogP contribution >= 0.6 is 0 Å². The minimum absolute atomic E-state index is 0.829. The number of ether oxygens (including phenoxy) is 1. The highest BCUT2D eigenvalue weighted by Gasteiger charge is 2.03. The molecule has 0 unspecified atom stereocenters. The fourth-order valence-corrected chi connectivity index (χ4v) is 1.62. The first-order chi connectivity index (χ1) is 7.66. The van der Waals surface area contributed by atoms with Crippen molar-refractivity contribution in [2.75, 3.05) is 5.73 Å². The van der Waals surface area contributed by atoms with E-state index in [0.717, 1.165) is 28.3 Å². The van der Waals surface area contributed by atoms with E-state index in [2.05, 4.69) is 0 Å². The lowest BCUT2D eigenvalue weighted by Gasteiger charge is -2.10. The summed E-state index contributed by atoms with van der Waals surface area (Å²) in [5.41, 5.74) is 8.82. The summed E-state index contributed by atoms with van der Waals surface area (Å²) < 4.78 is 5.74. The minimum Gasteiger partial charge on any atom is -0.457 e. The molecule has 0 aliphatic carbocycles. The summed E-state index contributed by atoms with van der Waals surface area (Å²) in [6.45, 7) is 3.97. The van der Waals surface area contributed by atoms with E-state index in [-0.39, 0.29) is 0 Å². The minimum atomic E-state index is 0.829. The van der Waals surface area contributed by atoms with Gasteiger partial charge in [-0.15, -0.1) is 0 Å². The molecule has 0 saturated heterocycles. The third-order valence-electron chi connectivity index (χ3n) is 2.55. The first-order valence-corrected chi connectivity index (χ1v) is 5.26. The van der Waals surface area contributed by atoms with Crippen molar-refractivity contribution < 1.29 is 4.74 Å². The number of hydrogen-bond donors (Lipinski definition) is 1. The molecule has 2 rings (SSSR count). The van der Waals surface area contributed by atoms with Crippen molar-refractivity contribution >= 4 is 5.69 Å². The summed E-state index contributed by atoms with van der Waals surface area (Å²) in [7, 11) is 0. The van der Waals surface area contributed by atoms with Crippen molar-refractivity contribution in [1.82, 2.24) is 0 Å². The Balaban J connectivity index is 2.29. The third-order valence-corrected chi connectivity index (χ3v) is 2.55. The van der Waals surface area contributed by atoms with Crippen LogP contribution in [-0.2, 0) is 0 Å². The normalized spacial score (nSPS) is 10.1. The zero-order valence-electron chi connectivity index (χ0n) is 9.53. The zero-order valence-corrected chi connectivity index (χ0v) is 9.53. The molecule has 0 saturated carbocycles. The maximum atomic E-state index is 5.89. The van der Waals surface area contributed by atoms with Crippen LogP contribution in [0.5, 0.6) is 11.5 Å². The van der Waals surface area contributed by atoms with Gasteiger partial charge in [-0.3, -0.25) is 0 Å². The number of aryl methyl sites for hydroxylation is 2. The molecule has 0 amide bonds. The molecule has 0 bridgehead atoms. The van der Waals surface area contributed by atoms with Gasteiger partial charge in [0.15, 0.2) is 0 Å². The van der Waals surface area contributed by atoms with Crippen molar-refractivity contribution in [3.05, 3.63) is 53.6 Å². The van der Waals surface area contributed by atoms with Gasteiger partial charge in [-0.1, -0.05) is 18.2 Å². The molecule has 0 atom stereocenters. The Morgan fingerprint density at radius 1 is 0.875 bits per heavy atom. The number of nitrogens with two attached hydrogens (primary N) is 1. The van der Waals surface area contributed by atoms with Gasteiger partial charge >= 0.3 is 0 Å².